The van der Waals surface area contributed by atoms with Crippen molar-refractivity contribution in [1.29, 1.82) is 0 Å². The maximum Gasteiger partial charge on any atom is 0.0879 e. The smallest absolute Gasteiger partial charge is 0.0879 e. The summed E-state index contributed by atoms with van der Waals surface area (Å²) >= 11 is 0. The average Bonchev–Trinajstić information content (AvgIpc) is 2.54. The first-order valence-electron chi connectivity index (χ1n) is 4.55. The van der Waals surface area contributed by atoms with Gasteiger partial charge in [0.25, 0.3) is 0 Å². The standard InChI is InChI=1S/C10H14N2/c1-12-8-7-10(11-12)9-5-3-2-4-6-9/h5,7-8H,2-4,6H2,1H3. The van der Waals surface area contributed by atoms with Crippen LogP contribution < -0.4 is 0 Å². The summed E-state index contributed by atoms with van der Waals surface area (Å²) in [7, 11) is 1.97. The van der Waals surface area contributed by atoms with Gasteiger partial charge in [-0.1, -0.05) is 6.08 Å². The highest BCUT2D eigenvalue weighted by molar-refractivity contribution is 5.62. The number of aryl methyl sites for hydroxylation is 1. The predicted octanol–water partition coefficient (Wildman–Crippen LogP) is 2.38. The Kier molecular flexibility index (Phi) is 1.98. The van der Waals surface area contributed by atoms with Crippen molar-refractivity contribution in [2.24, 2.45) is 7.05 Å². The number of hydrogen-bond donors (Lipinski definition) is 0. The van der Waals surface area contributed by atoms with Gasteiger partial charge in [-0.15, -0.1) is 0 Å². The fourth-order valence-corrected chi connectivity index (χ4v) is 1.66. The fraction of sp³-hybridized carbons (Fsp3) is 0.500. The second-order valence-electron chi connectivity index (χ2n) is 3.35. The van der Waals surface area contributed by atoms with Crippen molar-refractivity contribution in [3.05, 3.63) is 24.0 Å². The molecule has 2 nitrogen and oxygen atoms in total. The van der Waals surface area contributed by atoms with Gasteiger partial charge in [0.15, 0.2) is 0 Å². The SMILES string of the molecule is Cn1ccc(C2=CCCCC2)n1. The molecule has 64 valence electrons. The maximum absolute atomic E-state index is 4.38. The lowest BCUT2D eigenvalue weighted by atomic mass is 9.97. The molecule has 0 saturated carbocycles. The zero-order valence-electron chi connectivity index (χ0n) is 7.45. The van der Waals surface area contributed by atoms with Crippen LogP contribution in [0.25, 0.3) is 5.57 Å². The number of aromatic nitrogens is 2. The van der Waals surface area contributed by atoms with Crippen LogP contribution in [0.15, 0.2) is 18.3 Å². The number of nitrogens with zero attached hydrogens (tertiary/aromatic N) is 2. The van der Waals surface area contributed by atoms with E-state index < -0.39 is 0 Å². The molecule has 1 aromatic heterocycles. The molecule has 0 saturated heterocycles. The van der Waals surface area contributed by atoms with Gasteiger partial charge in [0.05, 0.1) is 5.69 Å². The molecule has 12 heavy (non-hydrogen) atoms. The molecule has 2 rings (SSSR count). The molecular weight excluding hydrogens is 148 g/mol. The molecule has 0 aromatic carbocycles. The van der Waals surface area contributed by atoms with E-state index in [2.05, 4.69) is 17.2 Å². The minimum absolute atomic E-state index is 1.16. The summed E-state index contributed by atoms with van der Waals surface area (Å²) in [5.41, 5.74) is 2.60. The maximum atomic E-state index is 4.38. The monoisotopic (exact) mass is 162 g/mol. The Balaban J connectivity index is 2.23. The van der Waals surface area contributed by atoms with Crippen LogP contribution >= 0.6 is 0 Å². The highest BCUT2D eigenvalue weighted by atomic mass is 15.2. The fourth-order valence-electron chi connectivity index (χ4n) is 1.66. The van der Waals surface area contributed by atoms with Crippen molar-refractivity contribution in [3.63, 3.8) is 0 Å². The first kappa shape index (κ1) is 7.59. The zero-order chi connectivity index (χ0) is 8.39. The summed E-state index contributed by atoms with van der Waals surface area (Å²) in [6.07, 6.45) is 9.43. The molecule has 0 N–H and O–H groups in total. The molecule has 0 unspecified atom stereocenters. The molecule has 1 aliphatic carbocycles. The van der Waals surface area contributed by atoms with Crippen LogP contribution in [0, 0.1) is 0 Å². The summed E-state index contributed by atoms with van der Waals surface area (Å²) < 4.78 is 1.87. The Bertz CT molecular complexity index is 297. The quantitative estimate of drug-likeness (QED) is 0.620. The molecule has 0 bridgehead atoms. The Morgan fingerprint density at radius 2 is 2.33 bits per heavy atom. The van der Waals surface area contributed by atoms with E-state index in [1.165, 1.54) is 31.3 Å². The van der Waals surface area contributed by atoms with Crippen LogP contribution in [-0.2, 0) is 7.05 Å². The van der Waals surface area contributed by atoms with Crippen molar-refractivity contribution in [1.82, 2.24) is 9.78 Å². The number of hydrogen-bond acceptors (Lipinski definition) is 1. The van der Waals surface area contributed by atoms with E-state index in [0.29, 0.717) is 0 Å². The van der Waals surface area contributed by atoms with Crippen molar-refractivity contribution in [2.45, 2.75) is 25.7 Å². The van der Waals surface area contributed by atoms with E-state index in [4.69, 9.17) is 0 Å². The lowest BCUT2D eigenvalue weighted by Crippen LogP contribution is -1.94. The third-order valence-corrected chi connectivity index (χ3v) is 2.33. The molecule has 0 aliphatic heterocycles. The van der Waals surface area contributed by atoms with Gasteiger partial charge in [-0.2, -0.15) is 5.10 Å². The van der Waals surface area contributed by atoms with Crippen molar-refractivity contribution in [3.8, 4) is 0 Å². The number of rotatable bonds is 1. The van der Waals surface area contributed by atoms with Crippen LogP contribution in [0.3, 0.4) is 0 Å². The van der Waals surface area contributed by atoms with Crippen LogP contribution in [0.2, 0.25) is 0 Å². The Morgan fingerprint density at radius 1 is 1.42 bits per heavy atom. The molecule has 0 atom stereocenters. The summed E-state index contributed by atoms with van der Waals surface area (Å²) in [6.45, 7) is 0. The second-order valence-corrected chi connectivity index (χ2v) is 3.35. The van der Waals surface area contributed by atoms with E-state index in [0.717, 1.165) is 5.69 Å². The van der Waals surface area contributed by atoms with E-state index in [-0.39, 0.29) is 0 Å². The van der Waals surface area contributed by atoms with E-state index >= 15 is 0 Å². The Hall–Kier alpha value is -1.05. The summed E-state index contributed by atoms with van der Waals surface area (Å²) in [4.78, 5) is 0. The van der Waals surface area contributed by atoms with E-state index in [1.807, 2.05) is 17.9 Å². The molecule has 0 amide bonds. The Labute approximate surface area is 72.9 Å². The van der Waals surface area contributed by atoms with Gasteiger partial charge in [0, 0.05) is 13.2 Å². The van der Waals surface area contributed by atoms with Crippen LogP contribution in [-0.4, -0.2) is 9.78 Å². The summed E-state index contributed by atoms with van der Waals surface area (Å²) in [5, 5.41) is 4.38. The minimum atomic E-state index is 1.16. The van der Waals surface area contributed by atoms with Gasteiger partial charge in [0.1, 0.15) is 0 Å². The number of allylic oxidation sites excluding steroid dienone is 2. The lowest BCUT2D eigenvalue weighted by molar-refractivity contribution is 0.727. The highest BCUT2D eigenvalue weighted by Crippen LogP contribution is 2.24. The molecule has 1 aromatic rings. The molecule has 0 radical (unpaired) electrons. The third kappa shape index (κ3) is 1.42. The Morgan fingerprint density at radius 3 is 2.92 bits per heavy atom. The lowest BCUT2D eigenvalue weighted by Gasteiger charge is -2.09. The normalized spacial score (nSPS) is 17.6. The molecule has 0 spiro atoms. The summed E-state index contributed by atoms with van der Waals surface area (Å²) in [5.74, 6) is 0. The molecular formula is C10H14N2. The summed E-state index contributed by atoms with van der Waals surface area (Å²) in [6, 6.07) is 2.09. The molecule has 1 aliphatic rings. The van der Waals surface area contributed by atoms with Gasteiger partial charge < -0.3 is 0 Å². The zero-order valence-corrected chi connectivity index (χ0v) is 7.45. The van der Waals surface area contributed by atoms with Crippen molar-refractivity contribution < 1.29 is 0 Å². The van der Waals surface area contributed by atoms with Crippen molar-refractivity contribution in [2.75, 3.05) is 0 Å². The van der Waals surface area contributed by atoms with E-state index in [9.17, 15) is 0 Å². The average molecular weight is 162 g/mol. The van der Waals surface area contributed by atoms with Gasteiger partial charge in [-0.3, -0.25) is 4.68 Å². The van der Waals surface area contributed by atoms with Crippen molar-refractivity contribution >= 4 is 5.57 Å². The first-order valence-corrected chi connectivity index (χ1v) is 4.55. The molecule has 0 fully saturated rings. The first-order chi connectivity index (χ1) is 5.86. The molecule has 1 heterocycles. The third-order valence-electron chi connectivity index (χ3n) is 2.33. The van der Waals surface area contributed by atoms with Gasteiger partial charge in [-0.25, -0.2) is 0 Å². The topological polar surface area (TPSA) is 17.8 Å². The van der Waals surface area contributed by atoms with Crippen LogP contribution in [0.4, 0.5) is 0 Å². The largest absolute Gasteiger partial charge is 0.275 e. The highest BCUT2D eigenvalue weighted by Gasteiger charge is 2.07. The molecule has 2 heteroatoms. The van der Waals surface area contributed by atoms with Gasteiger partial charge in [0.2, 0.25) is 0 Å². The second kappa shape index (κ2) is 3.13. The van der Waals surface area contributed by atoms with Gasteiger partial charge in [-0.05, 0) is 37.3 Å². The minimum Gasteiger partial charge on any atom is -0.275 e. The van der Waals surface area contributed by atoms with Crippen LogP contribution in [0.1, 0.15) is 31.4 Å². The predicted molar refractivity (Wildman–Crippen MR) is 49.7 cm³/mol. The van der Waals surface area contributed by atoms with E-state index in [1.54, 1.807) is 0 Å². The van der Waals surface area contributed by atoms with Gasteiger partial charge >= 0.3 is 0 Å². The van der Waals surface area contributed by atoms with Crippen LogP contribution in [0.5, 0.6) is 0 Å².